The van der Waals surface area contributed by atoms with Crippen LogP contribution in [0.15, 0.2) is 18.2 Å². The van der Waals surface area contributed by atoms with E-state index >= 15 is 0 Å². The fourth-order valence-electron chi connectivity index (χ4n) is 3.33. The number of amides is 2. The third kappa shape index (κ3) is 5.55. The largest absolute Gasteiger partial charge is 0.487 e. The molecule has 7 nitrogen and oxygen atoms in total. The minimum absolute atomic E-state index is 0.0499. The summed E-state index contributed by atoms with van der Waals surface area (Å²) in [5.41, 5.74) is 0.925. The molecular weight excluding hydrogens is 372 g/mol. The Kier molecular flexibility index (Phi) is 5.70. The van der Waals surface area contributed by atoms with Crippen LogP contribution in [0.2, 0.25) is 0 Å². The van der Waals surface area contributed by atoms with E-state index in [0.29, 0.717) is 19.6 Å². The molecular formula is C22H32N2O5. The van der Waals surface area contributed by atoms with E-state index < -0.39 is 11.2 Å². The molecule has 0 radical (unpaired) electrons. The fourth-order valence-corrected chi connectivity index (χ4v) is 3.33. The molecule has 0 bridgehead atoms. The Morgan fingerprint density at radius 1 is 0.966 bits per heavy atom. The van der Waals surface area contributed by atoms with Crippen LogP contribution in [0.3, 0.4) is 0 Å². The lowest BCUT2D eigenvalue weighted by atomic mass is 10.0. The number of aryl methyl sites for hydroxylation is 1. The van der Waals surface area contributed by atoms with Gasteiger partial charge in [0, 0.05) is 6.54 Å². The fraction of sp³-hybridized carbons (Fsp3) is 0.636. The Bertz CT molecular complexity index is 772. The molecule has 2 aliphatic heterocycles. The minimum atomic E-state index is -0.526. The molecule has 2 heterocycles. The van der Waals surface area contributed by atoms with Gasteiger partial charge in [0.15, 0.2) is 0 Å². The van der Waals surface area contributed by atoms with Gasteiger partial charge in [0.25, 0.3) is 0 Å². The van der Waals surface area contributed by atoms with E-state index in [0.717, 1.165) is 29.8 Å². The van der Waals surface area contributed by atoms with E-state index in [1.165, 1.54) is 0 Å². The molecule has 0 atom stereocenters. The number of carbonyl (C=O) groups is 2. The van der Waals surface area contributed by atoms with Crippen LogP contribution in [0.25, 0.3) is 0 Å². The van der Waals surface area contributed by atoms with E-state index in [-0.39, 0.29) is 18.3 Å². The zero-order valence-corrected chi connectivity index (χ0v) is 18.3. The molecule has 3 rings (SSSR count). The Balaban J connectivity index is 1.59. The van der Waals surface area contributed by atoms with Gasteiger partial charge >= 0.3 is 12.2 Å². The number of nitrogens with zero attached hydrogens (tertiary/aromatic N) is 2. The summed E-state index contributed by atoms with van der Waals surface area (Å²) in [6, 6.07) is 5.78. The summed E-state index contributed by atoms with van der Waals surface area (Å²) >= 11 is 0. The van der Waals surface area contributed by atoms with Crippen molar-refractivity contribution < 1.29 is 23.8 Å². The summed E-state index contributed by atoms with van der Waals surface area (Å²) in [6.45, 7) is 12.8. The van der Waals surface area contributed by atoms with Crippen LogP contribution in [0.1, 0.15) is 53.5 Å². The SMILES string of the molecule is CC(C)(C)OC(=O)N1CC(Oc2ccc3c(c2)CCCN3C(=O)OC(C)(C)C)C1. The Morgan fingerprint density at radius 3 is 2.21 bits per heavy atom. The number of fused-ring (bicyclic) bond motifs is 1. The summed E-state index contributed by atoms with van der Waals surface area (Å²) in [5.74, 6) is 0.753. The van der Waals surface area contributed by atoms with Gasteiger partial charge in [-0.1, -0.05) is 0 Å². The molecule has 0 spiro atoms. The topological polar surface area (TPSA) is 68.3 Å². The van der Waals surface area contributed by atoms with Gasteiger partial charge in [-0.2, -0.15) is 0 Å². The molecule has 1 fully saturated rings. The highest BCUT2D eigenvalue weighted by atomic mass is 16.6. The Labute approximate surface area is 172 Å². The first-order chi connectivity index (χ1) is 13.4. The van der Waals surface area contributed by atoms with E-state index in [2.05, 4.69) is 0 Å². The highest BCUT2D eigenvalue weighted by Gasteiger charge is 2.35. The number of ether oxygens (including phenoxy) is 3. The van der Waals surface area contributed by atoms with Crippen molar-refractivity contribution in [1.29, 1.82) is 0 Å². The van der Waals surface area contributed by atoms with Crippen LogP contribution in [0.5, 0.6) is 5.75 Å². The highest BCUT2D eigenvalue weighted by molar-refractivity contribution is 5.89. The maximum Gasteiger partial charge on any atom is 0.414 e. The van der Waals surface area contributed by atoms with Crippen molar-refractivity contribution in [3.05, 3.63) is 23.8 Å². The lowest BCUT2D eigenvalue weighted by Gasteiger charge is -2.39. The van der Waals surface area contributed by atoms with Crippen LogP contribution in [-0.4, -0.2) is 54.0 Å². The number of hydrogen-bond acceptors (Lipinski definition) is 5. The second-order valence-corrected chi connectivity index (χ2v) is 9.65. The van der Waals surface area contributed by atoms with Gasteiger partial charge in [-0.25, -0.2) is 9.59 Å². The summed E-state index contributed by atoms with van der Waals surface area (Å²) in [4.78, 5) is 27.9. The maximum atomic E-state index is 12.5. The minimum Gasteiger partial charge on any atom is -0.487 e. The van der Waals surface area contributed by atoms with E-state index in [1.54, 1.807) is 9.80 Å². The van der Waals surface area contributed by atoms with Gasteiger partial charge in [-0.05, 0) is 78.1 Å². The van der Waals surface area contributed by atoms with Crippen molar-refractivity contribution in [2.24, 2.45) is 0 Å². The van der Waals surface area contributed by atoms with Crippen LogP contribution in [-0.2, 0) is 15.9 Å². The predicted octanol–water partition coefficient (Wildman–Crippen LogP) is 4.37. The first-order valence-electron chi connectivity index (χ1n) is 10.2. The standard InChI is InChI=1S/C22H32N2O5/c1-21(2,3)28-19(25)23-13-17(14-23)27-16-9-10-18-15(12-16)8-7-11-24(18)20(26)29-22(4,5)6/h9-10,12,17H,7-8,11,13-14H2,1-6H3. The molecule has 0 unspecified atom stereocenters. The van der Waals surface area contributed by atoms with Gasteiger partial charge in [0.1, 0.15) is 23.1 Å². The maximum absolute atomic E-state index is 12.5. The monoisotopic (exact) mass is 404 g/mol. The lowest BCUT2D eigenvalue weighted by molar-refractivity contribution is -0.0221. The molecule has 2 aliphatic rings. The van der Waals surface area contributed by atoms with Crippen LogP contribution in [0.4, 0.5) is 15.3 Å². The summed E-state index contributed by atoms with van der Waals surface area (Å²) < 4.78 is 16.9. The van der Waals surface area contributed by atoms with Crippen LogP contribution in [0, 0.1) is 0 Å². The number of likely N-dealkylation sites (tertiary alicyclic amines) is 1. The van der Waals surface area contributed by atoms with Crippen molar-refractivity contribution in [3.63, 3.8) is 0 Å². The molecule has 1 aromatic carbocycles. The molecule has 1 aromatic rings. The lowest BCUT2D eigenvalue weighted by Crippen LogP contribution is -2.57. The zero-order chi connectivity index (χ0) is 21.4. The third-order valence-electron chi connectivity index (χ3n) is 4.59. The van der Waals surface area contributed by atoms with E-state index in [1.807, 2.05) is 59.7 Å². The van der Waals surface area contributed by atoms with Crippen molar-refractivity contribution in [1.82, 2.24) is 4.90 Å². The number of rotatable bonds is 2. The average Bonchev–Trinajstić information content (AvgIpc) is 2.53. The summed E-state index contributed by atoms with van der Waals surface area (Å²) in [5, 5.41) is 0. The van der Waals surface area contributed by atoms with Gasteiger partial charge in [-0.3, -0.25) is 4.90 Å². The predicted molar refractivity (Wildman–Crippen MR) is 111 cm³/mol. The average molecular weight is 405 g/mol. The summed E-state index contributed by atoms with van der Waals surface area (Å²) in [7, 11) is 0. The van der Waals surface area contributed by atoms with Crippen molar-refractivity contribution >= 4 is 17.9 Å². The Hall–Kier alpha value is -2.44. The Morgan fingerprint density at radius 2 is 1.59 bits per heavy atom. The number of anilines is 1. The first kappa shape index (κ1) is 21.3. The molecule has 7 heteroatoms. The second kappa shape index (κ2) is 7.76. The molecule has 0 N–H and O–H groups in total. The normalized spacial score (nSPS) is 17.3. The second-order valence-electron chi connectivity index (χ2n) is 9.65. The van der Waals surface area contributed by atoms with Crippen LogP contribution < -0.4 is 9.64 Å². The molecule has 1 saturated heterocycles. The molecule has 0 saturated carbocycles. The highest BCUT2D eigenvalue weighted by Crippen LogP contribution is 2.32. The van der Waals surface area contributed by atoms with Crippen molar-refractivity contribution in [2.45, 2.75) is 71.7 Å². The van der Waals surface area contributed by atoms with Crippen molar-refractivity contribution in [3.8, 4) is 5.75 Å². The van der Waals surface area contributed by atoms with Gasteiger partial charge < -0.3 is 19.1 Å². The molecule has 0 aliphatic carbocycles. The summed E-state index contributed by atoms with van der Waals surface area (Å²) in [6.07, 6.45) is 1.09. The number of hydrogen-bond donors (Lipinski definition) is 0. The molecule has 29 heavy (non-hydrogen) atoms. The smallest absolute Gasteiger partial charge is 0.414 e. The first-order valence-corrected chi connectivity index (χ1v) is 10.2. The quantitative estimate of drug-likeness (QED) is 0.732. The van der Waals surface area contributed by atoms with Crippen LogP contribution >= 0.6 is 0 Å². The number of carbonyl (C=O) groups excluding carboxylic acids is 2. The third-order valence-corrected chi connectivity index (χ3v) is 4.59. The zero-order valence-electron chi connectivity index (χ0n) is 18.3. The van der Waals surface area contributed by atoms with Crippen molar-refractivity contribution in [2.75, 3.05) is 24.5 Å². The molecule has 0 aromatic heterocycles. The molecule has 160 valence electrons. The van der Waals surface area contributed by atoms with Gasteiger partial charge in [-0.15, -0.1) is 0 Å². The number of benzene rings is 1. The van der Waals surface area contributed by atoms with Gasteiger partial charge in [0.2, 0.25) is 0 Å². The van der Waals surface area contributed by atoms with Gasteiger partial charge in [0.05, 0.1) is 18.8 Å². The van der Waals surface area contributed by atoms with E-state index in [4.69, 9.17) is 14.2 Å². The van der Waals surface area contributed by atoms with E-state index in [9.17, 15) is 9.59 Å². The molecule has 2 amide bonds.